The Morgan fingerprint density at radius 1 is 1.25 bits per heavy atom. The maximum Gasteiger partial charge on any atom is 0.265 e. The van der Waals surface area contributed by atoms with Crippen molar-refractivity contribution in [1.82, 2.24) is 19.2 Å². The zero-order valence-corrected chi connectivity index (χ0v) is 18.1. The summed E-state index contributed by atoms with van der Waals surface area (Å²) in [6.07, 6.45) is 1.76. The van der Waals surface area contributed by atoms with E-state index in [9.17, 15) is 4.79 Å². The molecule has 0 bridgehead atoms. The molecule has 148 valence electrons. The number of nitrogens with zero attached hydrogens (tertiary/aromatic N) is 4. The maximum atomic E-state index is 13.8. The van der Waals surface area contributed by atoms with Gasteiger partial charge in [0.15, 0.2) is 5.16 Å². The quantitative estimate of drug-likeness (QED) is 0.594. The van der Waals surface area contributed by atoms with Crippen LogP contribution in [0.5, 0.6) is 0 Å². The first-order chi connectivity index (χ1) is 13.4. The van der Waals surface area contributed by atoms with Crippen molar-refractivity contribution in [3.8, 4) is 11.3 Å². The minimum absolute atomic E-state index is 0.0461. The van der Waals surface area contributed by atoms with E-state index in [2.05, 4.69) is 45.9 Å². The number of hydrogen-bond acceptors (Lipinski definition) is 4. The van der Waals surface area contributed by atoms with Crippen LogP contribution < -0.4 is 5.56 Å². The lowest BCUT2D eigenvalue weighted by atomic mass is 9.69. The molecular weight excluding hydrogens is 368 g/mol. The maximum absolute atomic E-state index is 13.8. The van der Waals surface area contributed by atoms with E-state index in [1.807, 2.05) is 17.7 Å². The second-order valence-corrected chi connectivity index (χ2v) is 9.31. The van der Waals surface area contributed by atoms with Gasteiger partial charge in [-0.15, -0.1) is 5.10 Å². The third-order valence-corrected chi connectivity index (χ3v) is 7.13. The number of rotatable bonds is 5. The van der Waals surface area contributed by atoms with Crippen LogP contribution in [0.15, 0.2) is 34.2 Å². The minimum atomic E-state index is -0.219. The summed E-state index contributed by atoms with van der Waals surface area (Å²) in [6.45, 7) is 11.4. The molecule has 2 aromatic heterocycles. The van der Waals surface area contributed by atoms with Gasteiger partial charge in [-0.25, -0.2) is 14.1 Å². The normalized spacial score (nSPS) is 18.5. The molecule has 0 amide bonds. The topological polar surface area (TPSA) is 52.2 Å². The largest absolute Gasteiger partial charge is 0.268 e. The summed E-state index contributed by atoms with van der Waals surface area (Å²) in [5.74, 6) is 2.10. The van der Waals surface area contributed by atoms with E-state index in [1.54, 1.807) is 16.2 Å². The van der Waals surface area contributed by atoms with Gasteiger partial charge < -0.3 is 0 Å². The predicted octanol–water partition coefficient (Wildman–Crippen LogP) is 4.55. The number of fused-ring (bicyclic) bond motifs is 4. The first-order valence-corrected chi connectivity index (χ1v) is 11.1. The lowest BCUT2D eigenvalue weighted by Gasteiger charge is -2.35. The van der Waals surface area contributed by atoms with Crippen molar-refractivity contribution < 1.29 is 0 Å². The van der Waals surface area contributed by atoms with Gasteiger partial charge in [0.05, 0.1) is 11.3 Å². The standard InChI is InChI=1S/C22H28N4OS/c1-6-22(5)12-15-10-8-9-11-16(15)18-17(22)19(27)26-20(23-18)25(7-2)24-21(26)28-13-14(3)4/h8-11,14H,6-7,12-13H2,1-5H3/t22-/m0/s1. The van der Waals surface area contributed by atoms with E-state index in [-0.39, 0.29) is 11.0 Å². The Labute approximate surface area is 170 Å². The fourth-order valence-corrected chi connectivity index (χ4v) is 4.98. The summed E-state index contributed by atoms with van der Waals surface area (Å²) >= 11 is 1.64. The highest BCUT2D eigenvalue weighted by molar-refractivity contribution is 7.99. The molecule has 1 aliphatic carbocycles. The SMILES string of the molecule is CCn1nc(SCC(C)C)n2c(=O)c3c(nc12)-c1ccccc1C[C@]3(C)CC. The second-order valence-electron chi connectivity index (χ2n) is 8.33. The van der Waals surface area contributed by atoms with Gasteiger partial charge in [0.2, 0.25) is 5.78 Å². The van der Waals surface area contributed by atoms with Crippen LogP contribution in [0, 0.1) is 5.92 Å². The van der Waals surface area contributed by atoms with E-state index in [0.29, 0.717) is 18.2 Å². The fraction of sp³-hybridized carbons (Fsp3) is 0.500. The summed E-state index contributed by atoms with van der Waals surface area (Å²) in [5.41, 5.74) is 3.86. The van der Waals surface area contributed by atoms with Crippen molar-refractivity contribution in [1.29, 1.82) is 0 Å². The van der Waals surface area contributed by atoms with E-state index in [4.69, 9.17) is 10.1 Å². The van der Waals surface area contributed by atoms with Crippen LogP contribution in [0.4, 0.5) is 0 Å². The van der Waals surface area contributed by atoms with E-state index in [1.165, 1.54) is 5.56 Å². The Balaban J connectivity index is 2.06. The number of hydrogen-bond donors (Lipinski definition) is 0. The molecule has 0 spiro atoms. The summed E-state index contributed by atoms with van der Waals surface area (Å²) < 4.78 is 3.60. The number of aryl methyl sites for hydroxylation is 1. The molecule has 0 radical (unpaired) electrons. The Morgan fingerprint density at radius 3 is 2.68 bits per heavy atom. The van der Waals surface area contributed by atoms with Gasteiger partial charge in [-0.1, -0.05) is 63.7 Å². The molecule has 28 heavy (non-hydrogen) atoms. The lowest BCUT2D eigenvalue weighted by molar-refractivity contribution is 0.439. The van der Waals surface area contributed by atoms with Crippen LogP contribution >= 0.6 is 11.8 Å². The molecule has 0 fully saturated rings. The lowest BCUT2D eigenvalue weighted by Crippen LogP contribution is -2.37. The van der Waals surface area contributed by atoms with Crippen LogP contribution in [0.2, 0.25) is 0 Å². The molecule has 1 aliphatic rings. The minimum Gasteiger partial charge on any atom is -0.268 e. The number of benzene rings is 1. The van der Waals surface area contributed by atoms with Crippen molar-refractivity contribution >= 4 is 17.5 Å². The van der Waals surface area contributed by atoms with Crippen molar-refractivity contribution in [2.45, 2.75) is 64.6 Å². The number of thioether (sulfide) groups is 1. The Bertz CT molecular complexity index is 1100. The van der Waals surface area contributed by atoms with Crippen molar-refractivity contribution in [2.75, 3.05) is 5.75 Å². The van der Waals surface area contributed by atoms with Crippen LogP contribution in [0.25, 0.3) is 17.0 Å². The van der Waals surface area contributed by atoms with Crippen molar-refractivity contribution in [3.05, 3.63) is 45.7 Å². The highest BCUT2D eigenvalue weighted by atomic mass is 32.2. The molecule has 2 heterocycles. The van der Waals surface area contributed by atoms with Crippen molar-refractivity contribution in [2.24, 2.45) is 5.92 Å². The predicted molar refractivity (Wildman–Crippen MR) is 115 cm³/mol. The molecule has 0 unspecified atom stereocenters. The molecule has 1 atom stereocenters. The van der Waals surface area contributed by atoms with E-state index in [0.717, 1.165) is 40.6 Å². The molecule has 5 nitrogen and oxygen atoms in total. The van der Waals surface area contributed by atoms with Gasteiger partial charge in [-0.05, 0) is 31.2 Å². The Hall–Kier alpha value is -2.08. The molecule has 0 N–H and O–H groups in total. The average Bonchev–Trinajstić information content (AvgIpc) is 3.04. The molecule has 0 saturated heterocycles. The molecule has 3 aromatic rings. The highest BCUT2D eigenvalue weighted by Gasteiger charge is 2.38. The molecule has 0 aliphatic heterocycles. The summed E-state index contributed by atoms with van der Waals surface area (Å²) in [4.78, 5) is 18.8. The molecular formula is C22H28N4OS. The van der Waals surface area contributed by atoms with E-state index >= 15 is 0 Å². The third kappa shape index (κ3) is 2.89. The number of aromatic nitrogens is 4. The third-order valence-electron chi connectivity index (χ3n) is 5.78. The Morgan fingerprint density at radius 2 is 2.00 bits per heavy atom. The zero-order chi connectivity index (χ0) is 20.1. The second kappa shape index (κ2) is 7.07. The monoisotopic (exact) mass is 396 g/mol. The molecule has 0 saturated carbocycles. The summed E-state index contributed by atoms with van der Waals surface area (Å²) in [7, 11) is 0. The van der Waals surface area contributed by atoms with Crippen LogP contribution in [-0.2, 0) is 18.4 Å². The van der Waals surface area contributed by atoms with Crippen LogP contribution in [0.1, 0.15) is 52.2 Å². The highest BCUT2D eigenvalue weighted by Crippen LogP contribution is 2.42. The summed E-state index contributed by atoms with van der Waals surface area (Å²) in [6, 6.07) is 8.36. The molecule has 6 heteroatoms. The first-order valence-electron chi connectivity index (χ1n) is 10.1. The van der Waals surface area contributed by atoms with E-state index < -0.39 is 0 Å². The average molecular weight is 397 g/mol. The smallest absolute Gasteiger partial charge is 0.265 e. The van der Waals surface area contributed by atoms with Gasteiger partial charge in [0.1, 0.15) is 0 Å². The Kier molecular flexibility index (Phi) is 4.86. The first kappa shape index (κ1) is 19.2. The van der Waals surface area contributed by atoms with Gasteiger partial charge in [0.25, 0.3) is 5.56 Å². The fourth-order valence-electron chi connectivity index (χ4n) is 4.05. The van der Waals surface area contributed by atoms with Gasteiger partial charge in [0, 0.05) is 23.3 Å². The van der Waals surface area contributed by atoms with Crippen molar-refractivity contribution in [3.63, 3.8) is 0 Å². The van der Waals surface area contributed by atoms with Gasteiger partial charge in [-0.3, -0.25) is 4.79 Å². The van der Waals surface area contributed by atoms with Crippen LogP contribution in [0.3, 0.4) is 0 Å². The van der Waals surface area contributed by atoms with Crippen LogP contribution in [-0.4, -0.2) is 24.9 Å². The van der Waals surface area contributed by atoms with Gasteiger partial charge >= 0.3 is 0 Å². The summed E-state index contributed by atoms with van der Waals surface area (Å²) in [5, 5.41) is 5.47. The molecule has 4 rings (SSSR count). The molecule has 1 aromatic carbocycles. The zero-order valence-electron chi connectivity index (χ0n) is 17.3. The van der Waals surface area contributed by atoms with Gasteiger partial charge in [-0.2, -0.15) is 0 Å².